The largest absolute Gasteiger partial charge is 0.507 e. The van der Waals surface area contributed by atoms with Crippen LogP contribution in [0, 0.1) is 0 Å². The Balaban J connectivity index is 2.19. The number of hydrogen-bond acceptors (Lipinski definition) is 3. The second-order valence-corrected chi connectivity index (χ2v) is 4.55. The first kappa shape index (κ1) is 11.7. The molecule has 0 bridgehead atoms. The molecule has 4 nitrogen and oxygen atoms in total. The molecule has 0 saturated carbocycles. The maximum atomic E-state index is 9.89. The van der Waals surface area contributed by atoms with Crippen molar-refractivity contribution < 1.29 is 5.11 Å². The number of fused-ring (bicyclic) bond motifs is 1. The fourth-order valence-corrected chi connectivity index (χ4v) is 2.29. The third kappa shape index (κ3) is 1.86. The van der Waals surface area contributed by atoms with E-state index < -0.39 is 0 Å². The second-order valence-electron chi connectivity index (χ2n) is 4.55. The first-order valence-corrected chi connectivity index (χ1v) is 6.13. The van der Waals surface area contributed by atoms with Crippen molar-refractivity contribution in [2.24, 2.45) is 12.8 Å². The first-order chi connectivity index (χ1) is 9.20. The number of rotatable bonds is 2. The number of nitrogens with two attached hydrogens (primary N) is 1. The first-order valence-electron chi connectivity index (χ1n) is 6.13. The Morgan fingerprint density at radius 3 is 2.74 bits per heavy atom. The summed E-state index contributed by atoms with van der Waals surface area (Å²) in [5.74, 6) is 0.290. The molecule has 0 amide bonds. The molecule has 4 heteroatoms. The van der Waals surface area contributed by atoms with Crippen LogP contribution in [-0.2, 0) is 13.6 Å². The highest BCUT2D eigenvalue weighted by Gasteiger charge is 2.11. The standard InChI is InChI=1S/C15H15N3O/c1-18-13-3-2-4-15(19)11(13)7-14(18)12-6-5-10(8-16)9-17-12/h2-7,9,19H,8,16H2,1H3. The Morgan fingerprint density at radius 2 is 2.11 bits per heavy atom. The molecule has 0 aliphatic rings. The molecule has 2 heterocycles. The van der Waals surface area contributed by atoms with Crippen LogP contribution in [-0.4, -0.2) is 14.7 Å². The molecular formula is C15H15N3O. The van der Waals surface area contributed by atoms with E-state index in [1.165, 1.54) is 0 Å². The highest BCUT2D eigenvalue weighted by Crippen LogP contribution is 2.31. The minimum Gasteiger partial charge on any atom is -0.507 e. The summed E-state index contributed by atoms with van der Waals surface area (Å²) in [6, 6.07) is 11.4. The van der Waals surface area contributed by atoms with Gasteiger partial charge < -0.3 is 15.4 Å². The molecule has 0 aliphatic carbocycles. The lowest BCUT2D eigenvalue weighted by molar-refractivity contribution is 0.481. The van der Waals surface area contributed by atoms with E-state index in [1.807, 2.05) is 41.9 Å². The lowest BCUT2D eigenvalue weighted by Gasteiger charge is -2.04. The molecule has 3 rings (SSSR count). The fourth-order valence-electron chi connectivity index (χ4n) is 2.29. The van der Waals surface area contributed by atoms with Crippen molar-refractivity contribution >= 4 is 10.9 Å². The van der Waals surface area contributed by atoms with Crippen LogP contribution in [0.4, 0.5) is 0 Å². The van der Waals surface area contributed by atoms with Crippen LogP contribution in [0.5, 0.6) is 5.75 Å². The average molecular weight is 253 g/mol. The minimum absolute atomic E-state index is 0.290. The SMILES string of the molecule is Cn1c(-c2ccc(CN)cn2)cc2c(O)cccc21. The molecule has 2 aromatic heterocycles. The van der Waals surface area contributed by atoms with E-state index in [2.05, 4.69) is 4.98 Å². The fraction of sp³-hybridized carbons (Fsp3) is 0.133. The molecule has 3 N–H and O–H groups in total. The van der Waals surface area contributed by atoms with E-state index in [9.17, 15) is 5.11 Å². The van der Waals surface area contributed by atoms with Crippen LogP contribution in [0.25, 0.3) is 22.3 Å². The Bertz CT molecular complexity index is 729. The summed E-state index contributed by atoms with van der Waals surface area (Å²) in [7, 11) is 1.97. The van der Waals surface area contributed by atoms with E-state index in [-0.39, 0.29) is 5.75 Å². The van der Waals surface area contributed by atoms with Crippen molar-refractivity contribution in [3.8, 4) is 17.1 Å². The van der Waals surface area contributed by atoms with Gasteiger partial charge in [-0.15, -0.1) is 0 Å². The summed E-state index contributed by atoms with van der Waals surface area (Å²) in [5.41, 5.74) is 9.41. The molecule has 0 spiro atoms. The number of hydrogen-bond donors (Lipinski definition) is 2. The lowest BCUT2D eigenvalue weighted by atomic mass is 10.2. The van der Waals surface area contributed by atoms with Crippen molar-refractivity contribution in [2.75, 3.05) is 0 Å². The number of aromatic hydroxyl groups is 1. The highest BCUT2D eigenvalue weighted by molar-refractivity contribution is 5.91. The van der Waals surface area contributed by atoms with E-state index in [0.717, 1.165) is 27.9 Å². The van der Waals surface area contributed by atoms with Gasteiger partial charge in [-0.2, -0.15) is 0 Å². The molecule has 0 aliphatic heterocycles. The van der Waals surface area contributed by atoms with Crippen LogP contribution >= 0.6 is 0 Å². The Morgan fingerprint density at radius 1 is 1.26 bits per heavy atom. The van der Waals surface area contributed by atoms with Gasteiger partial charge in [-0.25, -0.2) is 0 Å². The summed E-state index contributed by atoms with van der Waals surface area (Å²) in [6.07, 6.45) is 1.78. The van der Waals surface area contributed by atoms with Gasteiger partial charge in [0.1, 0.15) is 5.75 Å². The Kier molecular flexibility index (Phi) is 2.72. The van der Waals surface area contributed by atoms with E-state index in [4.69, 9.17) is 5.73 Å². The van der Waals surface area contributed by atoms with Crippen molar-refractivity contribution in [1.82, 2.24) is 9.55 Å². The van der Waals surface area contributed by atoms with Crippen LogP contribution in [0.1, 0.15) is 5.56 Å². The normalized spacial score (nSPS) is 11.1. The minimum atomic E-state index is 0.290. The number of benzene rings is 1. The zero-order valence-corrected chi connectivity index (χ0v) is 10.7. The van der Waals surface area contributed by atoms with Crippen molar-refractivity contribution in [3.05, 3.63) is 48.2 Å². The molecule has 1 aromatic carbocycles. The zero-order valence-electron chi connectivity index (χ0n) is 10.7. The van der Waals surface area contributed by atoms with E-state index in [1.54, 1.807) is 12.3 Å². The van der Waals surface area contributed by atoms with Crippen LogP contribution in [0.15, 0.2) is 42.6 Å². The molecule has 0 unspecified atom stereocenters. The van der Waals surface area contributed by atoms with Gasteiger partial charge in [-0.1, -0.05) is 12.1 Å². The van der Waals surface area contributed by atoms with Crippen molar-refractivity contribution in [3.63, 3.8) is 0 Å². The van der Waals surface area contributed by atoms with Crippen molar-refractivity contribution in [2.45, 2.75) is 6.54 Å². The van der Waals surface area contributed by atoms with Crippen LogP contribution in [0.3, 0.4) is 0 Å². The van der Waals surface area contributed by atoms with Gasteiger partial charge in [-0.05, 0) is 29.8 Å². The predicted molar refractivity (Wildman–Crippen MR) is 75.7 cm³/mol. The molecule has 96 valence electrons. The molecule has 0 saturated heterocycles. The van der Waals surface area contributed by atoms with Gasteiger partial charge in [0.05, 0.1) is 16.9 Å². The zero-order chi connectivity index (χ0) is 13.4. The van der Waals surface area contributed by atoms with Gasteiger partial charge in [0.25, 0.3) is 0 Å². The summed E-state index contributed by atoms with van der Waals surface area (Å²) >= 11 is 0. The quantitative estimate of drug-likeness (QED) is 0.737. The molecule has 19 heavy (non-hydrogen) atoms. The Labute approximate surface area is 111 Å². The Hall–Kier alpha value is -2.33. The summed E-state index contributed by atoms with van der Waals surface area (Å²) in [6.45, 7) is 0.489. The highest BCUT2D eigenvalue weighted by atomic mass is 16.3. The summed E-state index contributed by atoms with van der Waals surface area (Å²) < 4.78 is 2.03. The van der Waals surface area contributed by atoms with Gasteiger partial charge in [0, 0.05) is 25.2 Å². The third-order valence-corrected chi connectivity index (χ3v) is 3.39. The van der Waals surface area contributed by atoms with E-state index >= 15 is 0 Å². The van der Waals surface area contributed by atoms with E-state index in [0.29, 0.717) is 6.54 Å². The maximum absolute atomic E-state index is 9.89. The van der Waals surface area contributed by atoms with Crippen molar-refractivity contribution in [1.29, 1.82) is 0 Å². The monoisotopic (exact) mass is 253 g/mol. The number of phenols is 1. The smallest absolute Gasteiger partial charge is 0.124 e. The maximum Gasteiger partial charge on any atom is 0.124 e. The molecule has 0 fully saturated rings. The average Bonchev–Trinajstić information content (AvgIpc) is 2.78. The second kappa shape index (κ2) is 4.40. The van der Waals surface area contributed by atoms with Crippen LogP contribution < -0.4 is 5.73 Å². The summed E-state index contributed by atoms with van der Waals surface area (Å²) in [4.78, 5) is 4.42. The number of aromatic nitrogens is 2. The van der Waals surface area contributed by atoms with Crippen LogP contribution in [0.2, 0.25) is 0 Å². The predicted octanol–water partition coefficient (Wildman–Crippen LogP) is 2.40. The molecular weight excluding hydrogens is 238 g/mol. The summed E-state index contributed by atoms with van der Waals surface area (Å²) in [5, 5.41) is 10.7. The molecule has 0 atom stereocenters. The van der Waals surface area contributed by atoms with Gasteiger partial charge in [0.2, 0.25) is 0 Å². The van der Waals surface area contributed by atoms with Gasteiger partial charge >= 0.3 is 0 Å². The molecule has 0 radical (unpaired) electrons. The number of nitrogens with zero attached hydrogens (tertiary/aromatic N) is 2. The topological polar surface area (TPSA) is 64.1 Å². The van der Waals surface area contributed by atoms with Gasteiger partial charge in [-0.3, -0.25) is 4.98 Å². The lowest BCUT2D eigenvalue weighted by Crippen LogP contribution is -1.98. The number of pyridine rings is 1. The number of phenolic OH excluding ortho intramolecular Hbond substituents is 1. The molecule has 3 aromatic rings. The number of aryl methyl sites for hydroxylation is 1. The third-order valence-electron chi connectivity index (χ3n) is 3.39. The van der Waals surface area contributed by atoms with Gasteiger partial charge in [0.15, 0.2) is 0 Å².